The third-order valence-corrected chi connectivity index (χ3v) is 6.01. The molecular formula is C23H31N5. The van der Waals surface area contributed by atoms with Gasteiger partial charge >= 0.3 is 0 Å². The molecule has 0 unspecified atom stereocenters. The van der Waals surface area contributed by atoms with Gasteiger partial charge in [-0.25, -0.2) is 9.97 Å². The van der Waals surface area contributed by atoms with Crippen LogP contribution in [0.1, 0.15) is 81.0 Å². The molecule has 1 saturated heterocycles. The molecule has 0 radical (unpaired) electrons. The topological polar surface area (TPSA) is 64.9 Å². The number of likely N-dealkylation sites (tertiary alicyclic amines) is 1. The fourth-order valence-corrected chi connectivity index (χ4v) is 4.02. The van der Waals surface area contributed by atoms with E-state index in [-0.39, 0.29) is 0 Å². The summed E-state index contributed by atoms with van der Waals surface area (Å²) in [6, 6.07) is 8.75. The number of anilines is 2. The Labute approximate surface area is 168 Å². The first-order valence-electron chi connectivity index (χ1n) is 10.5. The van der Waals surface area contributed by atoms with Gasteiger partial charge in [0.1, 0.15) is 11.6 Å². The average molecular weight is 378 g/mol. The zero-order valence-corrected chi connectivity index (χ0v) is 17.2. The largest absolute Gasteiger partial charge is 0.361 e. The maximum Gasteiger partial charge on any atom is 0.132 e. The van der Waals surface area contributed by atoms with E-state index in [0.717, 1.165) is 37.6 Å². The van der Waals surface area contributed by atoms with Gasteiger partial charge in [-0.2, -0.15) is 0 Å². The minimum absolute atomic E-state index is 0.479. The number of hydrogen-bond donors (Lipinski definition) is 2. The van der Waals surface area contributed by atoms with Crippen LogP contribution in [0.3, 0.4) is 0 Å². The van der Waals surface area contributed by atoms with Crippen molar-refractivity contribution in [1.29, 1.82) is 5.41 Å². The maximum absolute atomic E-state index is 7.86. The van der Waals surface area contributed by atoms with Crippen molar-refractivity contribution >= 4 is 17.5 Å². The highest BCUT2D eigenvalue weighted by Gasteiger charge is 2.28. The molecule has 2 aromatic rings. The zero-order valence-electron chi connectivity index (χ0n) is 17.2. The first kappa shape index (κ1) is 18.9. The summed E-state index contributed by atoms with van der Waals surface area (Å²) in [4.78, 5) is 11.6. The van der Waals surface area contributed by atoms with Crippen molar-refractivity contribution in [3.05, 3.63) is 47.3 Å². The second-order valence-corrected chi connectivity index (χ2v) is 8.59. The Balaban J connectivity index is 1.56. The lowest BCUT2D eigenvalue weighted by molar-refractivity contribution is 0.310. The summed E-state index contributed by atoms with van der Waals surface area (Å²) < 4.78 is 0. The summed E-state index contributed by atoms with van der Waals surface area (Å²) in [6.07, 6.45) is 6.58. The summed E-state index contributed by atoms with van der Waals surface area (Å²) in [7, 11) is 0. The molecule has 0 aromatic carbocycles. The minimum atomic E-state index is 0.479. The van der Waals surface area contributed by atoms with Crippen molar-refractivity contribution < 1.29 is 0 Å². The molecule has 1 aliphatic carbocycles. The molecule has 148 valence electrons. The number of pyridine rings is 2. The predicted molar refractivity (Wildman–Crippen MR) is 115 cm³/mol. The molecule has 28 heavy (non-hydrogen) atoms. The van der Waals surface area contributed by atoms with E-state index in [9.17, 15) is 0 Å². The van der Waals surface area contributed by atoms with E-state index < -0.39 is 0 Å². The van der Waals surface area contributed by atoms with Crippen molar-refractivity contribution in [2.24, 2.45) is 0 Å². The van der Waals surface area contributed by atoms with Crippen molar-refractivity contribution in [2.45, 2.75) is 64.2 Å². The Kier molecular flexibility index (Phi) is 5.33. The molecule has 0 atom stereocenters. The number of nitrogens with one attached hydrogen (secondary N) is 2. The first-order valence-corrected chi connectivity index (χ1v) is 10.5. The van der Waals surface area contributed by atoms with Gasteiger partial charge in [-0.05, 0) is 79.8 Å². The second kappa shape index (κ2) is 7.90. The number of rotatable bonds is 5. The van der Waals surface area contributed by atoms with Crippen LogP contribution in [0.5, 0.6) is 0 Å². The SMILES string of the molecule is CC(=N)N1CCC(c2cc(Nc3cc(C(C)C)ccn3)nc(C3CC3)c2)CC1. The fourth-order valence-electron chi connectivity index (χ4n) is 4.02. The zero-order chi connectivity index (χ0) is 19.7. The number of aromatic nitrogens is 2. The van der Waals surface area contributed by atoms with Crippen LogP contribution >= 0.6 is 0 Å². The molecule has 1 aliphatic heterocycles. The lowest BCUT2D eigenvalue weighted by atomic mass is 9.89. The molecule has 2 aromatic heterocycles. The molecule has 0 spiro atoms. The lowest BCUT2D eigenvalue weighted by Crippen LogP contribution is -2.36. The highest BCUT2D eigenvalue weighted by Crippen LogP contribution is 2.41. The molecular weight excluding hydrogens is 346 g/mol. The Morgan fingerprint density at radius 2 is 1.82 bits per heavy atom. The predicted octanol–water partition coefficient (Wildman–Crippen LogP) is 5.40. The smallest absolute Gasteiger partial charge is 0.132 e. The van der Waals surface area contributed by atoms with Gasteiger partial charge in [0.15, 0.2) is 0 Å². The molecule has 3 heterocycles. The fraction of sp³-hybridized carbons (Fsp3) is 0.522. The van der Waals surface area contributed by atoms with Crippen LogP contribution in [0.25, 0.3) is 0 Å². The monoisotopic (exact) mass is 377 g/mol. The minimum Gasteiger partial charge on any atom is -0.361 e. The maximum atomic E-state index is 7.86. The van der Waals surface area contributed by atoms with Crippen molar-refractivity contribution in [3.8, 4) is 0 Å². The summed E-state index contributed by atoms with van der Waals surface area (Å²) in [5.74, 6) is 4.12. The lowest BCUT2D eigenvalue weighted by Gasteiger charge is -2.33. The Bertz CT molecular complexity index is 848. The number of piperidine rings is 1. The van der Waals surface area contributed by atoms with E-state index in [1.807, 2.05) is 13.1 Å². The normalized spacial score (nSPS) is 17.8. The summed E-state index contributed by atoms with van der Waals surface area (Å²) in [5.41, 5.74) is 3.90. The number of nitrogens with zero attached hydrogens (tertiary/aromatic N) is 3. The van der Waals surface area contributed by atoms with Gasteiger partial charge in [0.05, 0.1) is 5.84 Å². The van der Waals surface area contributed by atoms with Gasteiger partial charge in [0.25, 0.3) is 0 Å². The van der Waals surface area contributed by atoms with Crippen LogP contribution in [0.2, 0.25) is 0 Å². The second-order valence-electron chi connectivity index (χ2n) is 8.59. The van der Waals surface area contributed by atoms with Gasteiger partial charge < -0.3 is 10.2 Å². The molecule has 2 fully saturated rings. The summed E-state index contributed by atoms with van der Waals surface area (Å²) in [5, 5.41) is 11.3. The van der Waals surface area contributed by atoms with Crippen LogP contribution in [0.15, 0.2) is 30.5 Å². The average Bonchev–Trinajstić information content (AvgIpc) is 3.53. The van der Waals surface area contributed by atoms with E-state index in [0.29, 0.717) is 23.6 Å². The Hall–Kier alpha value is -2.43. The van der Waals surface area contributed by atoms with Gasteiger partial charge in [0.2, 0.25) is 0 Å². The van der Waals surface area contributed by atoms with E-state index in [2.05, 4.69) is 53.3 Å². The summed E-state index contributed by atoms with van der Waals surface area (Å²) >= 11 is 0. The first-order chi connectivity index (χ1) is 13.5. The molecule has 0 bridgehead atoms. The molecule has 5 nitrogen and oxygen atoms in total. The van der Waals surface area contributed by atoms with Crippen molar-refractivity contribution in [1.82, 2.24) is 14.9 Å². The molecule has 2 aliphatic rings. The van der Waals surface area contributed by atoms with Crippen LogP contribution in [0, 0.1) is 5.41 Å². The van der Waals surface area contributed by atoms with Crippen LogP contribution in [-0.4, -0.2) is 33.8 Å². The van der Waals surface area contributed by atoms with Crippen LogP contribution in [-0.2, 0) is 0 Å². The number of hydrogen-bond acceptors (Lipinski definition) is 4. The molecule has 4 rings (SSSR count). The Morgan fingerprint density at radius 1 is 1.07 bits per heavy atom. The third-order valence-electron chi connectivity index (χ3n) is 6.01. The highest BCUT2D eigenvalue weighted by atomic mass is 15.2. The van der Waals surface area contributed by atoms with Gasteiger partial charge in [-0.15, -0.1) is 0 Å². The van der Waals surface area contributed by atoms with Crippen molar-refractivity contribution in [2.75, 3.05) is 18.4 Å². The summed E-state index contributed by atoms with van der Waals surface area (Å²) in [6.45, 7) is 8.24. The Morgan fingerprint density at radius 3 is 2.46 bits per heavy atom. The van der Waals surface area contributed by atoms with E-state index in [1.54, 1.807) is 0 Å². The van der Waals surface area contributed by atoms with Gasteiger partial charge in [-0.1, -0.05) is 13.8 Å². The van der Waals surface area contributed by atoms with Crippen LogP contribution in [0.4, 0.5) is 11.6 Å². The van der Waals surface area contributed by atoms with E-state index in [1.165, 1.54) is 29.7 Å². The molecule has 1 saturated carbocycles. The quantitative estimate of drug-likeness (QED) is 0.541. The van der Waals surface area contributed by atoms with Gasteiger partial charge in [0, 0.05) is 30.9 Å². The number of amidine groups is 1. The molecule has 5 heteroatoms. The highest BCUT2D eigenvalue weighted by molar-refractivity contribution is 5.76. The van der Waals surface area contributed by atoms with Crippen molar-refractivity contribution in [3.63, 3.8) is 0 Å². The standard InChI is InChI=1S/C23H31N5/c1-15(2)19-6-9-25-22(13-19)27-23-14-20(12-21(26-23)18-4-5-18)17-7-10-28(11-8-17)16(3)24/h6,9,12-15,17-18,24H,4-5,7-8,10-11H2,1-3H3,(H,25,26,27). The molecule has 0 amide bonds. The van der Waals surface area contributed by atoms with Crippen LogP contribution < -0.4 is 5.32 Å². The van der Waals surface area contributed by atoms with E-state index >= 15 is 0 Å². The molecule has 2 N–H and O–H groups in total. The third kappa shape index (κ3) is 4.34. The van der Waals surface area contributed by atoms with E-state index in [4.69, 9.17) is 10.4 Å². The van der Waals surface area contributed by atoms with Gasteiger partial charge in [-0.3, -0.25) is 5.41 Å².